The van der Waals surface area contributed by atoms with Gasteiger partial charge < -0.3 is 99.6 Å². The third kappa shape index (κ3) is 18.3. The van der Waals surface area contributed by atoms with E-state index in [0.29, 0.717) is 134 Å². The molecule has 0 aromatic heterocycles. The number of hydrogen-bond acceptors (Lipinski definition) is 24. The molecule has 0 spiro atoms. The van der Waals surface area contributed by atoms with E-state index >= 15 is 0 Å². The minimum atomic E-state index is -1.10. The predicted molar refractivity (Wildman–Crippen MR) is 504 cm³/mol. The van der Waals surface area contributed by atoms with E-state index in [1.54, 1.807) is 123 Å². The number of carbonyl (C=O) groups excluding carboxylic acids is 6. The highest BCUT2D eigenvalue weighted by Gasteiger charge is 2.57. The largest absolute Gasteiger partial charge is 0.497 e. The summed E-state index contributed by atoms with van der Waals surface area (Å²) in [6, 6.07) is 53.2. The Morgan fingerprint density at radius 3 is 0.891 bits per heavy atom. The van der Waals surface area contributed by atoms with Gasteiger partial charge in [0.1, 0.15) is 92.0 Å². The van der Waals surface area contributed by atoms with Crippen molar-refractivity contribution in [3.8, 4) is 46.0 Å². The number of hydrogen-bond donors (Lipinski definition) is 8. The number of ether oxygens (including phenoxy) is 8. The third-order valence-electron chi connectivity index (χ3n) is 24.0. The van der Waals surface area contributed by atoms with Crippen LogP contribution in [0.3, 0.4) is 0 Å². The Bertz CT molecular complexity index is 5620. The van der Waals surface area contributed by atoms with Crippen LogP contribution >= 0.6 is 0 Å². The first-order valence-corrected chi connectivity index (χ1v) is 42.3. The zero-order valence-electron chi connectivity index (χ0n) is 76.2. The van der Waals surface area contributed by atoms with Crippen LogP contribution in [0.4, 0.5) is 45.5 Å². The number of aliphatic imine (C=N–C) groups is 4. The fourth-order valence-electron chi connectivity index (χ4n) is 17.9. The monoisotopic (exact) mass is 1750 g/mol. The molecule has 30 heteroatoms. The van der Waals surface area contributed by atoms with Gasteiger partial charge in [0.15, 0.2) is 23.1 Å². The second-order valence-corrected chi connectivity index (χ2v) is 32.7. The lowest BCUT2D eigenvalue weighted by atomic mass is 9.88. The summed E-state index contributed by atoms with van der Waals surface area (Å²) in [6.45, 7) is 12.0. The van der Waals surface area contributed by atoms with Gasteiger partial charge in [-0.25, -0.2) is 0 Å². The van der Waals surface area contributed by atoms with Crippen molar-refractivity contribution >= 4 is 104 Å². The first-order chi connectivity index (χ1) is 61.9. The lowest BCUT2D eigenvalue weighted by Crippen LogP contribution is -2.55. The quantitative estimate of drug-likeness (QED) is 0.0329. The average molecular weight is 1750 g/mol. The van der Waals surface area contributed by atoms with E-state index < -0.39 is 34.9 Å². The molecule has 8 N–H and O–H groups in total. The van der Waals surface area contributed by atoms with Crippen molar-refractivity contribution in [2.75, 3.05) is 139 Å². The summed E-state index contributed by atoms with van der Waals surface area (Å²) in [5.41, 5.74) is 13.4. The third-order valence-corrected chi connectivity index (χ3v) is 24.0. The Hall–Kier alpha value is -14.3. The van der Waals surface area contributed by atoms with Crippen molar-refractivity contribution in [3.63, 3.8) is 0 Å². The molecule has 4 fully saturated rings. The zero-order valence-corrected chi connectivity index (χ0v) is 76.2. The van der Waals surface area contributed by atoms with Gasteiger partial charge >= 0.3 is 0 Å². The number of anilines is 8. The lowest BCUT2D eigenvalue weighted by Gasteiger charge is -2.36. The van der Waals surface area contributed by atoms with E-state index in [0.717, 1.165) is 73.5 Å². The molecule has 0 radical (unpaired) electrons. The van der Waals surface area contributed by atoms with Gasteiger partial charge in [0.05, 0.1) is 114 Å². The summed E-state index contributed by atoms with van der Waals surface area (Å²) in [7, 11) is 19.3. The molecular formula is C99H112N14O16. The highest BCUT2D eigenvalue weighted by molar-refractivity contribution is 6.40. The summed E-state index contributed by atoms with van der Waals surface area (Å²) in [5, 5.41) is 39.7. The fraction of sp³-hybridized carbons (Fsp3) is 0.333. The topological polar surface area (TPSA) is 351 Å². The van der Waals surface area contributed by atoms with E-state index in [-0.39, 0.29) is 60.9 Å². The number of aliphatic hydroxyl groups is 2. The summed E-state index contributed by atoms with van der Waals surface area (Å²) in [5.74, 6) is 6.17. The van der Waals surface area contributed by atoms with Crippen LogP contribution in [0.5, 0.6) is 46.0 Å². The van der Waals surface area contributed by atoms with Crippen molar-refractivity contribution in [1.82, 2.24) is 10.6 Å². The number of allylic oxidation sites excluding steroid dienone is 4. The normalized spacial score (nSPS) is 23.2. The van der Waals surface area contributed by atoms with Crippen molar-refractivity contribution in [2.45, 2.75) is 122 Å². The number of nitrogens with one attached hydrogen (secondary N) is 6. The van der Waals surface area contributed by atoms with Crippen LogP contribution in [0, 0.1) is 0 Å². The van der Waals surface area contributed by atoms with Crippen LogP contribution in [-0.4, -0.2) is 202 Å². The Morgan fingerprint density at radius 2 is 0.643 bits per heavy atom. The van der Waals surface area contributed by atoms with Gasteiger partial charge in [-0.1, -0.05) is 72.8 Å². The maximum absolute atomic E-state index is 14.0. The minimum Gasteiger partial charge on any atom is -0.497 e. The Balaban J connectivity index is 0.000000147. The molecule has 8 aliphatic rings. The number of Topliss-reactive ketones (excluding diaryl/α,β-unsaturated/α-hetero) is 4. The van der Waals surface area contributed by atoms with Crippen molar-refractivity contribution in [2.24, 2.45) is 20.0 Å². The number of amidine groups is 4. The highest BCUT2D eigenvalue weighted by atomic mass is 16.5. The maximum Gasteiger partial charge on any atom is 0.216 e. The molecule has 0 saturated carbocycles. The van der Waals surface area contributed by atoms with E-state index in [1.807, 2.05) is 174 Å². The molecule has 8 aliphatic heterocycles. The smallest absolute Gasteiger partial charge is 0.216 e. The van der Waals surface area contributed by atoms with Gasteiger partial charge in [0.25, 0.3) is 0 Å². The van der Waals surface area contributed by atoms with Crippen LogP contribution in [0.15, 0.2) is 235 Å². The molecular weight excluding hydrogens is 1640 g/mol. The number of benzene rings is 8. The molecule has 674 valence electrons. The number of rotatable bonds is 20. The van der Waals surface area contributed by atoms with Gasteiger partial charge in [-0.3, -0.25) is 48.7 Å². The molecule has 8 aromatic carbocycles. The van der Waals surface area contributed by atoms with Gasteiger partial charge in [0, 0.05) is 212 Å². The second kappa shape index (κ2) is 38.9. The van der Waals surface area contributed by atoms with E-state index in [4.69, 9.17) is 37.9 Å². The molecule has 4 unspecified atom stereocenters. The van der Waals surface area contributed by atoms with E-state index in [1.165, 1.54) is 13.8 Å². The van der Waals surface area contributed by atoms with Gasteiger partial charge in [-0.2, -0.15) is 0 Å². The van der Waals surface area contributed by atoms with Crippen molar-refractivity contribution in [3.05, 3.63) is 237 Å². The number of amides is 2. The summed E-state index contributed by atoms with van der Waals surface area (Å²) in [6.07, 6.45) is 1.64. The molecule has 0 aliphatic carbocycles. The number of nitrogens with zero attached hydrogens (tertiary/aromatic N) is 8. The number of para-hydroxylation sites is 4. The molecule has 6 atom stereocenters. The fourth-order valence-corrected chi connectivity index (χ4v) is 17.9. The molecule has 30 nitrogen and oxygen atoms in total. The summed E-state index contributed by atoms with van der Waals surface area (Å²) in [4.78, 5) is 105. The molecule has 8 heterocycles. The number of carbonyl (C=O) groups is 6. The van der Waals surface area contributed by atoms with Crippen LogP contribution in [0.1, 0.15) is 83.6 Å². The average Bonchev–Trinajstić information content (AvgIpc) is 1.57. The molecule has 16 rings (SSSR count). The highest BCUT2D eigenvalue weighted by Crippen LogP contribution is 2.49. The number of ketones is 4. The lowest BCUT2D eigenvalue weighted by molar-refractivity contribution is -0.122. The van der Waals surface area contributed by atoms with Gasteiger partial charge in [-0.15, -0.1) is 0 Å². The molecule has 129 heavy (non-hydrogen) atoms. The maximum atomic E-state index is 14.0. The van der Waals surface area contributed by atoms with Gasteiger partial charge in [-0.05, 0) is 81.1 Å². The van der Waals surface area contributed by atoms with Crippen molar-refractivity contribution in [1.29, 1.82) is 0 Å². The standard InChI is InChI=1S/2C25H28N4O4.C25H29N3O4.C24H27N3O4/c2*1-15(30)27-14-25(2)23(31)22(21-10-16-8-6-7-9-20(16)28-21)24(26-3)29(25)17-11-18(32-4)13-19(12-17)33-5;1-15(29)14-25(2)23(30)22(21-10-16-8-6-7-9-20(16)27-21)24(26-3)28(25)17-11-18(31-4)13-19(12-17)32-5;1-14(28)9-21-23(29)22(20-10-15-7-5-6-8-19(15)26-20)24(25-2)27(21)16-11-17(30-3)13-18(12-16)31-4/h2*6-9,11-13,28H,10,14H2,1-5H3,(H,27,30);6-9,11-13,15,27,29H,10,14H2,1-5H3;5-8,11-14,21,26,28H,9-10H2,1-4H3/t2*25-;;/m10../s1. The SMILES string of the molecule is CN=C1C(=C2Cc3ccccc3N2)C(=O)C(C)(CC(C)O)N1c1cc(OC)cc(OC)c1.CN=C1C(=C2Cc3ccccc3N2)C(=O)C(CC(C)O)N1c1cc(OC)cc(OC)c1.CN=C1C(=C2Cc3ccccc3N2)C(=O)[C@@](C)(CNC(C)=O)N1c1cc(OC)cc(OC)c1.CN=C1C(=C2Cc3ccccc3N2)C(=O)[C@](C)(CNC(C)=O)N1c1cc(OC)cc(OC)c1. The Morgan fingerprint density at radius 1 is 0.388 bits per heavy atom. The molecule has 0 bridgehead atoms. The summed E-state index contributed by atoms with van der Waals surface area (Å²) < 4.78 is 43.6. The van der Waals surface area contributed by atoms with Crippen LogP contribution < -0.4 is 89.4 Å². The summed E-state index contributed by atoms with van der Waals surface area (Å²) >= 11 is 0. The zero-order chi connectivity index (χ0) is 92.7. The van der Waals surface area contributed by atoms with Crippen LogP contribution in [0.2, 0.25) is 0 Å². The van der Waals surface area contributed by atoms with Crippen molar-refractivity contribution < 1.29 is 76.9 Å². The van der Waals surface area contributed by atoms with Gasteiger partial charge in [0.2, 0.25) is 11.8 Å². The Labute approximate surface area is 751 Å². The van der Waals surface area contributed by atoms with E-state index in [9.17, 15) is 39.0 Å². The first kappa shape index (κ1) is 92.4. The minimum absolute atomic E-state index is 0.0569. The second-order valence-electron chi connectivity index (χ2n) is 32.7. The molecule has 8 aromatic rings. The number of fused-ring (bicyclic) bond motifs is 4. The molecule has 4 saturated heterocycles. The number of aliphatic hydroxyl groups excluding tert-OH is 2. The number of methoxy groups -OCH3 is 8. The molecule has 2 amide bonds. The van der Waals surface area contributed by atoms with Crippen LogP contribution in [-0.2, 0) is 54.5 Å². The van der Waals surface area contributed by atoms with Crippen LogP contribution in [0.25, 0.3) is 0 Å². The first-order valence-electron chi connectivity index (χ1n) is 42.3. The predicted octanol–water partition coefficient (Wildman–Crippen LogP) is 12.6. The Kier molecular flexibility index (Phi) is 27.9. The van der Waals surface area contributed by atoms with E-state index in [2.05, 4.69) is 64.0 Å².